The fourth-order valence-corrected chi connectivity index (χ4v) is 1.79. The first-order valence-electron chi connectivity index (χ1n) is 5.75. The van der Waals surface area contributed by atoms with Crippen LogP contribution in [0.1, 0.15) is 27.2 Å². The highest BCUT2D eigenvalue weighted by atomic mass is 16.5. The van der Waals surface area contributed by atoms with Crippen molar-refractivity contribution < 1.29 is 9.53 Å². The van der Waals surface area contributed by atoms with Gasteiger partial charge in [-0.3, -0.25) is 4.79 Å². The molecule has 2 rings (SSSR count). The molecule has 3 nitrogen and oxygen atoms in total. The second-order valence-electron chi connectivity index (χ2n) is 4.14. The average molecular weight is 241 g/mol. The maximum Gasteiger partial charge on any atom is 0.213 e. The Morgan fingerprint density at radius 2 is 1.83 bits per heavy atom. The van der Waals surface area contributed by atoms with Gasteiger partial charge in [0.15, 0.2) is 0 Å². The Labute approximate surface area is 106 Å². The fourth-order valence-electron chi connectivity index (χ4n) is 1.79. The number of aromatic nitrogens is 1. The number of hydrogen-bond acceptors (Lipinski definition) is 3. The van der Waals surface area contributed by atoms with Crippen LogP contribution in [0.2, 0.25) is 0 Å². The molecular formula is C15H15NO2. The molecule has 3 heteroatoms. The number of pyridine rings is 1. The normalized spacial score (nSPS) is 10.2. The number of benzene rings is 1. The molecule has 1 heterocycles. The van der Waals surface area contributed by atoms with Crippen LogP contribution in [0.5, 0.6) is 5.88 Å². The van der Waals surface area contributed by atoms with Gasteiger partial charge in [0.1, 0.15) is 5.69 Å². The minimum atomic E-state index is -0.0740. The van der Waals surface area contributed by atoms with E-state index < -0.39 is 0 Å². The molecule has 2 aromatic rings. The number of carbonyl (C=O) groups excluding carboxylic acids is 1. The third-order valence-corrected chi connectivity index (χ3v) is 3.01. The van der Waals surface area contributed by atoms with E-state index in [1.807, 2.05) is 32.0 Å². The highest BCUT2D eigenvalue weighted by Crippen LogP contribution is 2.17. The number of ether oxygens (including phenoxy) is 1. The van der Waals surface area contributed by atoms with Crippen LogP contribution in [0.15, 0.2) is 36.4 Å². The van der Waals surface area contributed by atoms with Crippen molar-refractivity contribution in [2.45, 2.75) is 13.8 Å². The number of hydrogen-bond donors (Lipinski definition) is 0. The molecule has 0 bridgehead atoms. The lowest BCUT2D eigenvalue weighted by Gasteiger charge is -2.07. The molecule has 0 saturated carbocycles. The van der Waals surface area contributed by atoms with Crippen molar-refractivity contribution in [3.63, 3.8) is 0 Å². The summed E-state index contributed by atoms with van der Waals surface area (Å²) in [5.74, 6) is 0.376. The number of nitrogens with zero attached hydrogens (tertiary/aromatic N) is 1. The zero-order valence-electron chi connectivity index (χ0n) is 10.7. The number of rotatable bonds is 3. The molecule has 0 spiro atoms. The predicted molar refractivity (Wildman–Crippen MR) is 70.1 cm³/mol. The smallest absolute Gasteiger partial charge is 0.213 e. The van der Waals surface area contributed by atoms with Crippen molar-refractivity contribution in [2.75, 3.05) is 7.11 Å². The molecule has 0 radical (unpaired) electrons. The summed E-state index contributed by atoms with van der Waals surface area (Å²) in [7, 11) is 1.54. The van der Waals surface area contributed by atoms with Crippen LogP contribution in [0, 0.1) is 13.8 Å². The van der Waals surface area contributed by atoms with Gasteiger partial charge in [-0.2, -0.15) is 0 Å². The first-order chi connectivity index (χ1) is 8.63. The van der Waals surface area contributed by atoms with Gasteiger partial charge in [-0.15, -0.1) is 0 Å². The summed E-state index contributed by atoms with van der Waals surface area (Å²) in [6, 6.07) is 10.9. The monoisotopic (exact) mass is 241 g/mol. The van der Waals surface area contributed by atoms with E-state index in [1.54, 1.807) is 18.2 Å². The van der Waals surface area contributed by atoms with Crippen molar-refractivity contribution in [2.24, 2.45) is 0 Å². The van der Waals surface area contributed by atoms with Crippen LogP contribution in [0.4, 0.5) is 0 Å². The Morgan fingerprint density at radius 1 is 1.11 bits per heavy atom. The van der Waals surface area contributed by atoms with E-state index in [1.165, 1.54) is 7.11 Å². The Bertz CT molecular complexity index is 591. The van der Waals surface area contributed by atoms with Gasteiger partial charge in [-0.25, -0.2) is 4.98 Å². The van der Waals surface area contributed by atoms with Gasteiger partial charge in [0.25, 0.3) is 0 Å². The van der Waals surface area contributed by atoms with Crippen molar-refractivity contribution >= 4 is 5.78 Å². The molecule has 0 aliphatic heterocycles. The molecule has 0 unspecified atom stereocenters. The Morgan fingerprint density at radius 3 is 2.56 bits per heavy atom. The molecule has 0 aliphatic carbocycles. The molecule has 0 atom stereocenters. The summed E-state index contributed by atoms with van der Waals surface area (Å²) in [4.78, 5) is 16.5. The van der Waals surface area contributed by atoms with E-state index in [9.17, 15) is 4.79 Å². The molecule has 0 amide bonds. The standard InChI is InChI=1S/C15H15NO2/c1-10-6-4-7-12(11(10)2)15(17)13-8-5-9-14(16-13)18-3/h4-9H,1-3H3. The van der Waals surface area contributed by atoms with Crippen LogP contribution in [-0.2, 0) is 0 Å². The Kier molecular flexibility index (Phi) is 3.42. The van der Waals surface area contributed by atoms with Crippen LogP contribution < -0.4 is 4.74 Å². The van der Waals surface area contributed by atoms with Gasteiger partial charge in [-0.1, -0.05) is 24.3 Å². The Balaban J connectivity index is 2.44. The molecule has 0 N–H and O–H groups in total. The third-order valence-electron chi connectivity index (χ3n) is 3.01. The summed E-state index contributed by atoms with van der Waals surface area (Å²) in [6.07, 6.45) is 0. The van der Waals surface area contributed by atoms with Gasteiger partial charge < -0.3 is 4.74 Å². The van der Waals surface area contributed by atoms with Crippen molar-refractivity contribution in [3.05, 3.63) is 58.8 Å². The molecule has 1 aromatic heterocycles. The summed E-state index contributed by atoms with van der Waals surface area (Å²) in [6.45, 7) is 3.94. The topological polar surface area (TPSA) is 39.2 Å². The van der Waals surface area contributed by atoms with Crippen LogP contribution in [0.25, 0.3) is 0 Å². The lowest BCUT2D eigenvalue weighted by Crippen LogP contribution is -2.07. The molecule has 0 saturated heterocycles. The van der Waals surface area contributed by atoms with Gasteiger partial charge in [0.2, 0.25) is 11.7 Å². The average Bonchev–Trinajstić information content (AvgIpc) is 2.41. The molecular weight excluding hydrogens is 226 g/mol. The number of carbonyl (C=O) groups is 1. The lowest BCUT2D eigenvalue weighted by molar-refractivity contribution is 0.103. The summed E-state index contributed by atoms with van der Waals surface area (Å²) in [5.41, 5.74) is 3.19. The first-order valence-corrected chi connectivity index (χ1v) is 5.75. The molecule has 18 heavy (non-hydrogen) atoms. The molecule has 0 aliphatic rings. The number of methoxy groups -OCH3 is 1. The van der Waals surface area contributed by atoms with E-state index in [4.69, 9.17) is 4.74 Å². The van der Waals surface area contributed by atoms with Crippen molar-refractivity contribution in [1.82, 2.24) is 4.98 Å². The van der Waals surface area contributed by atoms with Crippen LogP contribution >= 0.6 is 0 Å². The van der Waals surface area contributed by atoms with E-state index >= 15 is 0 Å². The summed E-state index contributed by atoms with van der Waals surface area (Å²) in [5, 5.41) is 0. The summed E-state index contributed by atoms with van der Waals surface area (Å²) >= 11 is 0. The van der Waals surface area contributed by atoms with Gasteiger partial charge in [0, 0.05) is 11.6 Å². The first kappa shape index (κ1) is 12.3. The summed E-state index contributed by atoms with van der Waals surface area (Å²) < 4.78 is 5.03. The third kappa shape index (κ3) is 2.25. The molecule has 1 aromatic carbocycles. The van der Waals surface area contributed by atoms with E-state index in [-0.39, 0.29) is 5.78 Å². The maximum absolute atomic E-state index is 12.4. The lowest BCUT2D eigenvalue weighted by atomic mass is 9.98. The quantitative estimate of drug-likeness (QED) is 0.775. The number of aryl methyl sites for hydroxylation is 1. The van der Waals surface area contributed by atoms with E-state index in [0.717, 1.165) is 11.1 Å². The van der Waals surface area contributed by atoms with Gasteiger partial charge in [0.05, 0.1) is 7.11 Å². The van der Waals surface area contributed by atoms with Gasteiger partial charge >= 0.3 is 0 Å². The van der Waals surface area contributed by atoms with E-state index in [2.05, 4.69) is 4.98 Å². The maximum atomic E-state index is 12.4. The fraction of sp³-hybridized carbons (Fsp3) is 0.200. The second-order valence-corrected chi connectivity index (χ2v) is 4.14. The van der Waals surface area contributed by atoms with Crippen LogP contribution in [0.3, 0.4) is 0 Å². The molecule has 92 valence electrons. The van der Waals surface area contributed by atoms with Gasteiger partial charge in [-0.05, 0) is 31.0 Å². The zero-order chi connectivity index (χ0) is 13.1. The predicted octanol–water partition coefficient (Wildman–Crippen LogP) is 2.94. The van der Waals surface area contributed by atoms with Crippen molar-refractivity contribution in [3.8, 4) is 5.88 Å². The van der Waals surface area contributed by atoms with E-state index in [0.29, 0.717) is 17.1 Å². The highest BCUT2D eigenvalue weighted by Gasteiger charge is 2.14. The minimum absolute atomic E-state index is 0.0740. The zero-order valence-corrected chi connectivity index (χ0v) is 10.7. The Hall–Kier alpha value is -2.16. The SMILES string of the molecule is COc1cccc(C(=O)c2cccc(C)c2C)n1. The highest BCUT2D eigenvalue weighted by molar-refractivity contribution is 6.08. The number of ketones is 1. The van der Waals surface area contributed by atoms with Crippen LogP contribution in [-0.4, -0.2) is 17.9 Å². The largest absolute Gasteiger partial charge is 0.481 e. The molecule has 0 fully saturated rings. The second kappa shape index (κ2) is 5.00. The van der Waals surface area contributed by atoms with Crippen molar-refractivity contribution in [1.29, 1.82) is 0 Å². The minimum Gasteiger partial charge on any atom is -0.481 e.